The average molecular weight is 348 g/mol. The fourth-order valence-corrected chi connectivity index (χ4v) is 3.44. The maximum atomic E-state index is 12.6. The zero-order chi connectivity index (χ0) is 17.8. The van der Waals surface area contributed by atoms with Crippen molar-refractivity contribution >= 4 is 12.0 Å². The van der Waals surface area contributed by atoms with Crippen LogP contribution in [-0.4, -0.2) is 68.3 Å². The lowest BCUT2D eigenvalue weighted by atomic mass is 10.0. The Hall–Kier alpha value is -2.44. The van der Waals surface area contributed by atoms with Gasteiger partial charge in [-0.05, 0) is 30.5 Å². The Labute approximate surface area is 147 Å². The Kier molecular flexibility index (Phi) is 5.31. The van der Waals surface area contributed by atoms with Crippen molar-refractivity contribution < 1.29 is 23.8 Å². The molecule has 2 heterocycles. The van der Waals surface area contributed by atoms with Gasteiger partial charge in [-0.2, -0.15) is 0 Å². The van der Waals surface area contributed by atoms with E-state index in [-0.39, 0.29) is 18.0 Å². The Morgan fingerprint density at radius 1 is 1.16 bits per heavy atom. The average Bonchev–Trinajstić information content (AvgIpc) is 3.07. The van der Waals surface area contributed by atoms with E-state index in [9.17, 15) is 9.59 Å². The minimum absolute atomic E-state index is 0.0923. The van der Waals surface area contributed by atoms with Crippen molar-refractivity contribution in [1.29, 1.82) is 0 Å². The number of likely N-dealkylation sites (tertiary alicyclic amines) is 1. The van der Waals surface area contributed by atoms with E-state index in [1.165, 1.54) is 0 Å². The molecule has 0 aromatic heterocycles. The van der Waals surface area contributed by atoms with Crippen LogP contribution in [0.5, 0.6) is 11.5 Å². The van der Waals surface area contributed by atoms with Gasteiger partial charge in [-0.15, -0.1) is 0 Å². The maximum absolute atomic E-state index is 12.6. The molecule has 1 aromatic carbocycles. The highest BCUT2D eigenvalue weighted by Gasteiger charge is 2.33. The maximum Gasteiger partial charge on any atom is 0.410 e. The van der Waals surface area contributed by atoms with Gasteiger partial charge in [0.05, 0.1) is 27.2 Å². The first-order chi connectivity index (χ1) is 12.1. The topological polar surface area (TPSA) is 68.3 Å². The predicted molar refractivity (Wildman–Crippen MR) is 90.9 cm³/mol. The molecule has 0 aliphatic carbocycles. The number of hydrogen-bond donors (Lipinski definition) is 0. The van der Waals surface area contributed by atoms with Gasteiger partial charge in [0.25, 0.3) is 0 Å². The second-order valence-electron chi connectivity index (χ2n) is 6.29. The van der Waals surface area contributed by atoms with Gasteiger partial charge in [-0.3, -0.25) is 4.79 Å². The van der Waals surface area contributed by atoms with Crippen LogP contribution in [0.3, 0.4) is 0 Å². The summed E-state index contributed by atoms with van der Waals surface area (Å²) in [7, 11) is 3.17. The van der Waals surface area contributed by atoms with Crippen molar-refractivity contribution in [3.8, 4) is 11.5 Å². The summed E-state index contributed by atoms with van der Waals surface area (Å²) in [4.78, 5) is 27.9. The molecule has 25 heavy (non-hydrogen) atoms. The highest BCUT2D eigenvalue weighted by atomic mass is 16.6. The Morgan fingerprint density at radius 3 is 2.48 bits per heavy atom. The molecule has 0 radical (unpaired) electrons. The number of carbonyl (C=O) groups is 2. The number of hydrogen-bond acceptors (Lipinski definition) is 5. The Morgan fingerprint density at radius 2 is 1.88 bits per heavy atom. The van der Waals surface area contributed by atoms with E-state index in [1.807, 2.05) is 23.1 Å². The smallest absolute Gasteiger partial charge is 0.410 e. The second kappa shape index (κ2) is 7.63. The van der Waals surface area contributed by atoms with Crippen LogP contribution in [0.25, 0.3) is 0 Å². The highest BCUT2D eigenvalue weighted by Crippen LogP contribution is 2.28. The highest BCUT2D eigenvalue weighted by molar-refractivity contribution is 5.79. The molecular formula is C18H24N2O5. The van der Waals surface area contributed by atoms with Crippen LogP contribution in [-0.2, 0) is 16.0 Å². The van der Waals surface area contributed by atoms with E-state index < -0.39 is 0 Å². The van der Waals surface area contributed by atoms with Gasteiger partial charge in [0.2, 0.25) is 5.91 Å². The number of rotatable bonds is 5. The summed E-state index contributed by atoms with van der Waals surface area (Å²) >= 11 is 0. The fourth-order valence-electron chi connectivity index (χ4n) is 3.44. The van der Waals surface area contributed by atoms with E-state index in [2.05, 4.69) is 0 Å². The molecular weight excluding hydrogens is 324 g/mol. The molecule has 2 amide bonds. The SMILES string of the molecule is COc1ccc(CC(=O)N2CCC(N3CCOC3=O)CC2)cc1OC. The zero-order valence-corrected chi connectivity index (χ0v) is 14.7. The number of ether oxygens (including phenoxy) is 3. The largest absolute Gasteiger partial charge is 0.493 e. The monoisotopic (exact) mass is 348 g/mol. The number of piperidine rings is 1. The van der Waals surface area contributed by atoms with E-state index in [1.54, 1.807) is 19.1 Å². The lowest BCUT2D eigenvalue weighted by Gasteiger charge is -2.35. The molecule has 7 nitrogen and oxygen atoms in total. The molecule has 0 unspecified atom stereocenters. The second-order valence-corrected chi connectivity index (χ2v) is 6.29. The lowest BCUT2D eigenvalue weighted by molar-refractivity contribution is -0.131. The summed E-state index contributed by atoms with van der Waals surface area (Å²) in [6.07, 6.45) is 1.70. The van der Waals surface area contributed by atoms with Gasteiger partial charge >= 0.3 is 6.09 Å². The molecule has 0 saturated carbocycles. The van der Waals surface area contributed by atoms with E-state index in [0.717, 1.165) is 18.4 Å². The van der Waals surface area contributed by atoms with Gasteiger partial charge < -0.3 is 24.0 Å². The summed E-state index contributed by atoms with van der Waals surface area (Å²) < 4.78 is 15.5. The van der Waals surface area contributed by atoms with Gasteiger partial charge in [0.15, 0.2) is 11.5 Å². The van der Waals surface area contributed by atoms with Crippen LogP contribution in [0.4, 0.5) is 4.79 Å². The van der Waals surface area contributed by atoms with Gasteiger partial charge in [-0.1, -0.05) is 6.07 Å². The first-order valence-corrected chi connectivity index (χ1v) is 8.54. The number of amides is 2. The summed E-state index contributed by atoms with van der Waals surface area (Å²) in [6, 6.07) is 5.71. The Balaban J connectivity index is 1.55. The molecule has 0 spiro atoms. The Bertz CT molecular complexity index is 640. The molecule has 0 atom stereocenters. The molecule has 136 valence electrons. The van der Waals surface area contributed by atoms with Gasteiger partial charge in [0, 0.05) is 19.1 Å². The quantitative estimate of drug-likeness (QED) is 0.810. The lowest BCUT2D eigenvalue weighted by Crippen LogP contribution is -2.47. The molecule has 0 N–H and O–H groups in total. The third-order valence-electron chi connectivity index (χ3n) is 4.85. The molecule has 2 aliphatic heterocycles. The van der Waals surface area contributed by atoms with Crippen molar-refractivity contribution in [3.63, 3.8) is 0 Å². The number of nitrogens with zero attached hydrogens (tertiary/aromatic N) is 2. The van der Waals surface area contributed by atoms with E-state index in [4.69, 9.17) is 14.2 Å². The van der Waals surface area contributed by atoms with Crippen molar-refractivity contribution in [3.05, 3.63) is 23.8 Å². The first-order valence-electron chi connectivity index (χ1n) is 8.54. The van der Waals surface area contributed by atoms with Crippen LogP contribution >= 0.6 is 0 Å². The minimum Gasteiger partial charge on any atom is -0.493 e. The molecule has 1 aromatic rings. The van der Waals surface area contributed by atoms with Crippen LogP contribution in [0.15, 0.2) is 18.2 Å². The summed E-state index contributed by atoms with van der Waals surface area (Å²) in [5.41, 5.74) is 0.896. The normalized spacial score (nSPS) is 18.2. The molecule has 3 rings (SSSR count). The van der Waals surface area contributed by atoms with Crippen molar-refractivity contribution in [1.82, 2.24) is 9.80 Å². The standard InChI is InChI=1S/C18H24N2O5/c1-23-15-4-3-13(11-16(15)24-2)12-17(21)19-7-5-14(6-8-19)20-9-10-25-18(20)22/h3-4,11,14H,5-10,12H2,1-2H3. The summed E-state index contributed by atoms with van der Waals surface area (Å²) in [6.45, 7) is 2.46. The minimum atomic E-state index is -0.227. The number of carbonyl (C=O) groups excluding carboxylic acids is 2. The third-order valence-corrected chi connectivity index (χ3v) is 4.85. The van der Waals surface area contributed by atoms with Crippen molar-refractivity contribution in [2.75, 3.05) is 40.5 Å². The first kappa shape index (κ1) is 17.4. The van der Waals surface area contributed by atoms with Crippen LogP contribution in [0.1, 0.15) is 18.4 Å². The fraction of sp³-hybridized carbons (Fsp3) is 0.556. The van der Waals surface area contributed by atoms with Gasteiger partial charge in [0.1, 0.15) is 6.61 Å². The number of cyclic esters (lactones) is 1. The summed E-state index contributed by atoms with van der Waals surface area (Å²) in [5, 5.41) is 0. The third kappa shape index (κ3) is 3.81. The molecule has 2 aliphatic rings. The van der Waals surface area contributed by atoms with Crippen LogP contribution in [0.2, 0.25) is 0 Å². The molecule has 7 heteroatoms. The number of benzene rings is 1. The molecule has 2 saturated heterocycles. The van der Waals surface area contributed by atoms with Gasteiger partial charge in [-0.25, -0.2) is 4.79 Å². The summed E-state index contributed by atoms with van der Waals surface area (Å²) in [5.74, 6) is 1.37. The predicted octanol–water partition coefficient (Wildman–Crippen LogP) is 1.69. The molecule has 0 bridgehead atoms. The van der Waals surface area contributed by atoms with Crippen molar-refractivity contribution in [2.24, 2.45) is 0 Å². The van der Waals surface area contributed by atoms with Crippen molar-refractivity contribution in [2.45, 2.75) is 25.3 Å². The van der Waals surface area contributed by atoms with Crippen LogP contribution < -0.4 is 9.47 Å². The van der Waals surface area contributed by atoms with E-state index in [0.29, 0.717) is 44.2 Å². The zero-order valence-electron chi connectivity index (χ0n) is 14.7. The molecule has 2 fully saturated rings. The van der Waals surface area contributed by atoms with E-state index >= 15 is 0 Å². The van der Waals surface area contributed by atoms with Crippen LogP contribution in [0, 0.1) is 0 Å². The number of methoxy groups -OCH3 is 2.